The van der Waals surface area contributed by atoms with Gasteiger partial charge < -0.3 is 87.6 Å². The molecule has 0 radical (unpaired) electrons. The maximum absolute atomic E-state index is 12.7. The number of alkyl halides is 8. The summed E-state index contributed by atoms with van der Waals surface area (Å²) in [5.74, 6) is -0.162. The predicted molar refractivity (Wildman–Crippen MR) is 528 cm³/mol. The van der Waals surface area contributed by atoms with Crippen LogP contribution in [0.1, 0.15) is 143 Å². The van der Waals surface area contributed by atoms with Gasteiger partial charge in [-0.3, -0.25) is 31.5 Å². The number of ether oxygens (including phenoxy) is 8. The molecule has 0 aliphatic carbocycles. The van der Waals surface area contributed by atoms with E-state index in [2.05, 4.69) is 5.32 Å². The normalized spacial score (nSPS) is 11.9. The number of hydrogen-bond acceptors (Lipinski definition) is 24. The number of carbonyl (C=O) groups is 4. The lowest BCUT2D eigenvalue weighted by molar-refractivity contribution is -0.192. The van der Waals surface area contributed by atoms with Crippen molar-refractivity contribution in [1.29, 1.82) is 0 Å². The molecule has 734 valence electrons. The molecule has 0 spiro atoms. The number of hydrogen-bond donors (Lipinski definition) is 8. The number of carbonyl (C=O) groups excluding carboxylic acids is 3. The number of esters is 2. The summed E-state index contributed by atoms with van der Waals surface area (Å²) in [5, 5.41) is 9.64. The van der Waals surface area contributed by atoms with E-state index in [4.69, 9.17) is 90.4 Å². The number of rotatable bonds is 41. The first-order chi connectivity index (χ1) is 66.5. The fourth-order valence-corrected chi connectivity index (χ4v) is 16.0. The summed E-state index contributed by atoms with van der Waals surface area (Å²) < 4.78 is 183. The van der Waals surface area contributed by atoms with Gasteiger partial charge in [-0.2, -0.15) is 13.2 Å². The van der Waals surface area contributed by atoms with Crippen molar-refractivity contribution < 1.29 is 106 Å². The third-order valence-corrected chi connectivity index (χ3v) is 23.4. The van der Waals surface area contributed by atoms with E-state index in [0.29, 0.717) is 132 Å². The first kappa shape index (κ1) is 104. The van der Waals surface area contributed by atoms with Crippen molar-refractivity contribution >= 4 is 111 Å². The lowest BCUT2D eigenvalue weighted by Gasteiger charge is -2.25. The van der Waals surface area contributed by atoms with Crippen LogP contribution in [0.3, 0.4) is 0 Å². The molecule has 0 unspecified atom stereocenters. The number of aryl methyl sites for hydroxylation is 2. The number of halogens is 8. The van der Waals surface area contributed by atoms with Crippen LogP contribution >= 0.6 is 58.8 Å². The molecular weight excluding hydrogens is 1850 g/mol. The molecule has 34 heteroatoms. The Bertz CT molecular complexity index is 5390. The highest BCUT2D eigenvalue weighted by atomic mass is 32.2. The fraction of sp³-hybridized carbons (Fsp3) is 0.366. The van der Waals surface area contributed by atoms with Crippen LogP contribution < -0.4 is 63.4 Å². The lowest BCUT2D eigenvalue weighted by atomic mass is 10.1. The molecule has 10 rings (SSSR count). The number of para-hydroxylation sites is 5. The highest BCUT2D eigenvalue weighted by Gasteiger charge is 2.38. The number of nitrogen functional groups attached to an aromatic ring is 5. The Labute approximate surface area is 817 Å². The minimum absolute atomic E-state index is 0.159. The summed E-state index contributed by atoms with van der Waals surface area (Å²) in [7, 11) is 0. The third-order valence-electron chi connectivity index (χ3n) is 17.3. The van der Waals surface area contributed by atoms with Gasteiger partial charge in [0.15, 0.2) is 0 Å². The van der Waals surface area contributed by atoms with Crippen molar-refractivity contribution in [3.05, 3.63) is 240 Å². The van der Waals surface area contributed by atoms with Gasteiger partial charge in [0, 0.05) is 157 Å². The first-order valence-electron chi connectivity index (χ1n) is 45.9. The van der Waals surface area contributed by atoms with E-state index in [1.54, 1.807) is 92.5 Å². The molecule has 10 aromatic carbocycles. The number of nitrogens with one attached hydrogen (secondary N) is 1. The topological polar surface area (TPSA) is 334 Å². The van der Waals surface area contributed by atoms with Crippen LogP contribution in [-0.2, 0) is 61.1 Å². The average molecular weight is 1980 g/mol. The number of nitrogens with two attached hydrogens (primary N) is 6. The number of carboxylic acids is 1. The molecule has 0 saturated carbocycles. The smallest absolute Gasteiger partial charge is 0.490 e. The van der Waals surface area contributed by atoms with Gasteiger partial charge >= 0.3 is 30.2 Å². The monoisotopic (exact) mass is 1980 g/mol. The van der Waals surface area contributed by atoms with E-state index in [1.807, 2.05) is 217 Å². The molecule has 0 fully saturated rings. The van der Waals surface area contributed by atoms with Crippen LogP contribution in [0.25, 0.3) is 0 Å². The Morgan fingerprint density at radius 2 is 0.622 bits per heavy atom. The zero-order chi connectivity index (χ0) is 105. The Morgan fingerprint density at radius 1 is 0.370 bits per heavy atom. The zero-order valence-corrected chi connectivity index (χ0v) is 81.2. The van der Waals surface area contributed by atoms with Crippen LogP contribution in [-0.4, -0.2) is 137 Å². The van der Waals surface area contributed by atoms with E-state index in [9.17, 15) is 49.5 Å². The largest absolute Gasteiger partial charge is 0.493 e. The number of nitrogens with zero attached hydrogens (tertiary/aromatic N) is 1. The standard InChI is InChI=1S/C22H29FN2O3S.2C22H28FNO3S.C17H21FN2OS.C16H19FN2OS.C2HF3O2/c1-22(2,3)28-21(26)25(4)15-16-14-17(27-13-7-12-23)10-11-19(16)29-20-9-6-5-8-18(20)24;2*1-22(2,3)27-21(25)12-9-16-15-17(26-14-6-13-23)10-11-19(16)28-20-8-5-4-7-18(20)24;1-20-12-13-11-14(21-10-4-9-18)7-8-16(13)22-17-6-3-2-5-15(17)19;17-8-3-9-20-13-6-7-15(12(10-13)11-18)21-16-5-2-1-4-14(16)19;3-2(4,5)1(6)7/h5-6,8-11,14H,7,12-13,15,24H2,1-4H3;2*4-5,7-8,10-11,15H,6,9,12-14,24H2,1-3H3;2-3,5-8,11,20H,4,9-10,12,19H2,1H3;1-2,4-7,10H,3,8-9,11,18-19H2;(H,6,7)/i4D3;;;1D3;;. The molecule has 1 amide bonds. The van der Waals surface area contributed by atoms with Gasteiger partial charge in [-0.1, -0.05) is 119 Å². The molecule has 0 aromatic heterocycles. The van der Waals surface area contributed by atoms with Gasteiger partial charge in [-0.15, -0.1) is 0 Å². The zero-order valence-electron chi connectivity index (χ0n) is 83.1. The van der Waals surface area contributed by atoms with Crippen LogP contribution in [0.4, 0.5) is 68.4 Å². The minimum Gasteiger partial charge on any atom is -0.493 e. The molecule has 0 saturated heterocycles. The molecular formula is C101H126F8N8O13S5. The van der Waals surface area contributed by atoms with Crippen LogP contribution in [0, 0.1) is 0 Å². The van der Waals surface area contributed by atoms with Crippen LogP contribution in [0.5, 0.6) is 28.7 Å². The molecule has 21 nitrogen and oxygen atoms in total. The molecule has 0 heterocycles. The lowest BCUT2D eigenvalue weighted by Crippen LogP contribution is -2.33. The van der Waals surface area contributed by atoms with E-state index >= 15 is 0 Å². The predicted octanol–water partition coefficient (Wildman–Crippen LogP) is 24.5. The van der Waals surface area contributed by atoms with E-state index in [0.717, 1.165) is 72.0 Å². The maximum atomic E-state index is 12.7. The van der Waals surface area contributed by atoms with Crippen molar-refractivity contribution in [3.8, 4) is 28.7 Å². The van der Waals surface area contributed by atoms with E-state index in [1.165, 1.54) is 23.5 Å². The minimum atomic E-state index is -5.08. The van der Waals surface area contributed by atoms with E-state index in [-0.39, 0.29) is 64.2 Å². The third kappa shape index (κ3) is 45.9. The van der Waals surface area contributed by atoms with Gasteiger partial charge in [0.1, 0.15) is 45.6 Å². The van der Waals surface area contributed by atoms with Gasteiger partial charge in [-0.25, -0.2) is 9.59 Å². The number of carboxylic acid groups (broad SMARTS) is 1. The quantitative estimate of drug-likeness (QED) is 0.00580. The van der Waals surface area contributed by atoms with Crippen molar-refractivity contribution in [2.24, 2.45) is 5.73 Å². The Morgan fingerprint density at radius 3 is 0.874 bits per heavy atom. The summed E-state index contributed by atoms with van der Waals surface area (Å²) in [6, 6.07) is 65.5. The summed E-state index contributed by atoms with van der Waals surface area (Å²) in [4.78, 5) is 55.8. The Kier molecular flexibility index (Phi) is 46.8. The van der Waals surface area contributed by atoms with Gasteiger partial charge in [0.2, 0.25) is 0 Å². The number of benzene rings is 10. The second-order valence-corrected chi connectivity index (χ2v) is 37.5. The number of anilines is 5. The SMILES string of the molecule is CC(C)(C)OC(=O)CCc1cc(OCCCF)ccc1Sc1ccccc1N.CC(C)(C)OC(=O)CCc1cc(OCCCF)ccc1Sc1ccccc1N.NCc1cc(OCCCF)ccc1Sc1ccccc1N.O=C(O)C(F)(F)F.[2H]C([2H])([2H])N(Cc1cc(OCCCF)ccc1Sc1ccccc1N)C(=O)OC(C)(C)C.[2H]C([2H])([2H])NCc1cc(OCCCF)ccc1Sc1ccccc1N. The number of amides is 1. The number of aliphatic carboxylic acids is 1. The molecule has 14 N–H and O–H groups in total. The Balaban J connectivity index is 0.000000306. The highest BCUT2D eigenvalue weighted by Crippen LogP contribution is 2.42. The van der Waals surface area contributed by atoms with Crippen molar-refractivity contribution in [3.63, 3.8) is 0 Å². The van der Waals surface area contributed by atoms with Crippen LogP contribution in [0.2, 0.25) is 0 Å². The van der Waals surface area contributed by atoms with E-state index < -0.39 is 75.7 Å². The second kappa shape index (κ2) is 60.5. The molecule has 0 bridgehead atoms. The summed E-state index contributed by atoms with van der Waals surface area (Å²) in [5.41, 5.74) is 41.7. The Hall–Kier alpha value is -11.0. The van der Waals surface area contributed by atoms with Crippen molar-refractivity contribution in [1.82, 2.24) is 10.2 Å². The van der Waals surface area contributed by atoms with Gasteiger partial charge in [0.05, 0.1) is 66.4 Å². The molecule has 0 aliphatic heterocycles. The van der Waals surface area contributed by atoms with Crippen molar-refractivity contribution in [2.45, 2.75) is 212 Å². The maximum Gasteiger partial charge on any atom is 0.490 e. The average Bonchev–Trinajstić information content (AvgIpc) is 0.790. The van der Waals surface area contributed by atoms with Gasteiger partial charge in [0.25, 0.3) is 0 Å². The second-order valence-electron chi connectivity index (χ2n) is 32.1. The molecule has 135 heavy (non-hydrogen) atoms. The molecule has 0 atom stereocenters. The molecule has 0 aliphatic rings. The highest BCUT2D eigenvalue weighted by molar-refractivity contribution is 8.00. The fourth-order valence-electron chi connectivity index (χ4n) is 11.1. The summed E-state index contributed by atoms with van der Waals surface area (Å²) >= 11 is 7.50. The summed E-state index contributed by atoms with van der Waals surface area (Å²) in [6.07, 6.45) is -2.80. The van der Waals surface area contributed by atoms with Gasteiger partial charge in [-0.05, 0) is 262 Å². The van der Waals surface area contributed by atoms with Crippen LogP contribution in [0.15, 0.2) is 261 Å². The molecule has 10 aromatic rings. The van der Waals surface area contributed by atoms with Crippen molar-refractivity contribution in [2.75, 3.05) is 109 Å². The summed E-state index contributed by atoms with van der Waals surface area (Å²) in [6.45, 7) is 10.8. The first-order valence-corrected chi connectivity index (χ1v) is 47.0.